The quantitative estimate of drug-likeness (QED) is 0.0240. The van der Waals surface area contributed by atoms with Crippen LogP contribution in [-0.2, 0) is 86.4 Å². The number of thiol groups is 2. The van der Waals surface area contributed by atoms with Gasteiger partial charge in [0.05, 0.1) is 12.6 Å². The largest absolute Gasteiger partial charge is 0.481 e. The monoisotopic (exact) mass is 1510 g/mol. The third-order valence-corrected chi connectivity index (χ3v) is 18.1. The van der Waals surface area contributed by atoms with Gasteiger partial charge in [0.1, 0.15) is 60.4 Å². The van der Waals surface area contributed by atoms with E-state index in [1.54, 1.807) is 133 Å². The molecule has 3 heterocycles. The molecule has 11 atom stereocenters. The number of aromatic amines is 3. The molecular formula is C72H97N15O17S2. The Kier molecular flexibility index (Phi) is 32.4. The Morgan fingerprint density at radius 2 is 0.689 bits per heavy atom. The molecular weight excluding hydrogens is 1410 g/mol. The summed E-state index contributed by atoms with van der Waals surface area (Å²) in [6.45, 7) is 11.1. The maximum absolute atomic E-state index is 14.9. The van der Waals surface area contributed by atoms with E-state index < -0.39 is 175 Å². The van der Waals surface area contributed by atoms with Crippen molar-refractivity contribution in [2.75, 3.05) is 18.1 Å². The van der Waals surface area contributed by atoms with Gasteiger partial charge in [-0.05, 0) is 91.7 Å². The number of hydrogen-bond acceptors (Lipinski definition) is 17. The Labute approximate surface area is 622 Å². The van der Waals surface area contributed by atoms with Gasteiger partial charge in [-0.25, -0.2) is 4.79 Å². The predicted octanol–water partition coefficient (Wildman–Crippen LogP) is 1.28. The van der Waals surface area contributed by atoms with Crippen molar-refractivity contribution in [3.8, 4) is 0 Å². The highest BCUT2D eigenvalue weighted by Gasteiger charge is 2.37. The number of benzene rings is 3. The number of aliphatic carboxylic acids is 3. The van der Waals surface area contributed by atoms with Gasteiger partial charge < -0.3 is 94.5 Å². The van der Waals surface area contributed by atoms with Crippen LogP contribution in [0.1, 0.15) is 110 Å². The van der Waals surface area contributed by atoms with Gasteiger partial charge in [0.15, 0.2) is 0 Å². The molecule has 0 aliphatic carbocycles. The Morgan fingerprint density at radius 1 is 0.377 bits per heavy atom. The summed E-state index contributed by atoms with van der Waals surface area (Å²) in [5.41, 5.74) is 9.41. The molecule has 106 heavy (non-hydrogen) atoms. The fourth-order valence-electron chi connectivity index (χ4n) is 11.8. The highest BCUT2D eigenvalue weighted by molar-refractivity contribution is 7.80. The van der Waals surface area contributed by atoms with Crippen molar-refractivity contribution >= 4 is 141 Å². The van der Waals surface area contributed by atoms with Crippen molar-refractivity contribution < 1.29 is 82.4 Å². The molecule has 574 valence electrons. The average molecular weight is 1510 g/mol. The Morgan fingerprint density at radius 3 is 1.06 bits per heavy atom. The standard InChI is InChI=1S/C72H97N15O17S2/c1-36(2)24-52(83-68(99)53(25-37(3)4)84-65(96)50(20-22-60(89)90)80-63(94)46(73)34-105)64(95)77-33-59(88)79-55(27-40-30-74-47-17-11-8-14-43(40)47)70(101)81-51(21-23-61(91)92)66(97)86-56(28-41-31-75-48-18-12-9-15-44(41)48)67(98)78-39(7)62(93)82-57(29-42-32-76-49-19-13-10-16-45(42)49)71(102)85-54(26-38(5)6)69(100)87-58(35-106)72(103)104/h8-19,30-32,36-39,46,50-58,74-76,105-106H,20-29,33-35,73H2,1-7H3,(H,77,95)(H,78,98)(H,79,88)(H,80,94)(H,81,101)(H,82,93)(H,83,99)(H,84,96)(H,85,102)(H,86,97)(H,87,100)(H,89,90)(H,91,92)(H,103,104)/t39-,46-,50-,51-,52-,53-,54-,55-,56-,57-,58-/m0/s1. The van der Waals surface area contributed by atoms with Gasteiger partial charge in [0, 0.05) is 94.9 Å². The first-order valence-electron chi connectivity index (χ1n) is 34.8. The number of nitrogens with one attached hydrogen (secondary N) is 14. The molecule has 0 fully saturated rings. The molecule has 34 heteroatoms. The maximum atomic E-state index is 14.9. The lowest BCUT2D eigenvalue weighted by Crippen LogP contribution is -2.60. The average Bonchev–Trinajstić information content (AvgIpc) is 1.70. The zero-order chi connectivity index (χ0) is 78.1. The Bertz CT molecular complexity index is 4120. The summed E-state index contributed by atoms with van der Waals surface area (Å²) in [4.78, 5) is 201. The number of rotatable bonds is 43. The van der Waals surface area contributed by atoms with Crippen LogP contribution in [0.5, 0.6) is 0 Å². The molecule has 0 aliphatic heterocycles. The number of aromatic nitrogens is 3. The van der Waals surface area contributed by atoms with Crippen LogP contribution in [0.3, 0.4) is 0 Å². The second-order valence-corrected chi connectivity index (χ2v) is 28.0. The van der Waals surface area contributed by atoms with E-state index in [1.165, 1.54) is 6.92 Å². The SMILES string of the molecule is CC(C)C[C@H](NC(=O)[C@H](CC(C)C)NC(=O)[C@H](CCC(=O)O)NC(=O)[C@@H](N)CS)C(=O)NCC(=O)N[C@@H](Cc1c[nH]c2ccccc12)C(=O)N[C@@H](CCC(=O)O)C(=O)N[C@@H](Cc1c[nH]c2ccccc12)C(=O)N[C@@H](C)C(=O)N[C@@H](Cc1c[nH]c2ccccc12)C(=O)N[C@@H](CC(C)C)C(=O)N[C@@H](CS)C(=O)O. The lowest BCUT2D eigenvalue weighted by molar-refractivity contribution is -0.142. The number of hydrogen-bond donors (Lipinski definition) is 20. The molecule has 32 nitrogen and oxygen atoms in total. The van der Waals surface area contributed by atoms with Gasteiger partial charge >= 0.3 is 17.9 Å². The van der Waals surface area contributed by atoms with Gasteiger partial charge in [-0.2, -0.15) is 25.3 Å². The van der Waals surface area contributed by atoms with Gasteiger partial charge in [0.25, 0.3) is 0 Å². The fraction of sp³-hybridized carbons (Fsp3) is 0.472. The topological polar surface area (TPSA) is 505 Å². The van der Waals surface area contributed by atoms with Crippen LogP contribution in [0, 0.1) is 17.8 Å². The van der Waals surface area contributed by atoms with Crippen molar-refractivity contribution in [1.82, 2.24) is 73.4 Å². The first kappa shape index (κ1) is 84.5. The van der Waals surface area contributed by atoms with Crippen LogP contribution in [0.15, 0.2) is 91.4 Å². The number of carbonyl (C=O) groups is 14. The summed E-state index contributed by atoms with van der Waals surface area (Å²) < 4.78 is 0. The van der Waals surface area contributed by atoms with Gasteiger partial charge in [-0.3, -0.25) is 62.3 Å². The minimum Gasteiger partial charge on any atom is -0.481 e. The maximum Gasteiger partial charge on any atom is 0.327 e. The highest BCUT2D eigenvalue weighted by Crippen LogP contribution is 2.23. The van der Waals surface area contributed by atoms with Gasteiger partial charge in [-0.1, -0.05) is 96.1 Å². The van der Waals surface area contributed by atoms with Crippen molar-refractivity contribution in [1.29, 1.82) is 0 Å². The smallest absolute Gasteiger partial charge is 0.327 e. The Hall–Kier alpha value is -10.5. The minimum atomic E-state index is -1.74. The van der Waals surface area contributed by atoms with Crippen LogP contribution >= 0.6 is 25.3 Å². The zero-order valence-corrected chi connectivity index (χ0v) is 61.8. The number of fused-ring (bicyclic) bond motifs is 3. The van der Waals surface area contributed by atoms with Crippen molar-refractivity contribution in [3.63, 3.8) is 0 Å². The van der Waals surface area contributed by atoms with E-state index in [-0.39, 0.29) is 74.2 Å². The number of carboxylic acid groups (broad SMARTS) is 3. The number of carbonyl (C=O) groups excluding carboxylic acids is 11. The third-order valence-electron chi connectivity index (χ3n) is 17.3. The second kappa shape index (κ2) is 40.7. The van der Waals surface area contributed by atoms with E-state index in [9.17, 15) is 82.4 Å². The molecule has 3 aromatic heterocycles. The normalized spacial score (nSPS) is 14.5. The van der Waals surface area contributed by atoms with Gasteiger partial charge in [0.2, 0.25) is 65.0 Å². The molecule has 6 rings (SSSR count). The third kappa shape index (κ3) is 25.7. The lowest BCUT2D eigenvalue weighted by atomic mass is 9.99. The lowest BCUT2D eigenvalue weighted by Gasteiger charge is -2.27. The summed E-state index contributed by atoms with van der Waals surface area (Å²) in [7, 11) is 0. The zero-order valence-electron chi connectivity index (χ0n) is 60.0. The van der Waals surface area contributed by atoms with Gasteiger partial charge in [-0.15, -0.1) is 0 Å². The molecule has 0 aliphatic rings. The van der Waals surface area contributed by atoms with Crippen LogP contribution in [0.4, 0.5) is 0 Å². The molecule has 0 bridgehead atoms. The molecule has 0 saturated carbocycles. The van der Waals surface area contributed by atoms with Crippen molar-refractivity contribution in [3.05, 3.63) is 108 Å². The summed E-state index contributed by atoms with van der Waals surface area (Å²) in [5, 5.41) is 59.5. The van der Waals surface area contributed by atoms with E-state index >= 15 is 0 Å². The molecule has 11 amide bonds. The van der Waals surface area contributed by atoms with E-state index in [0.717, 1.165) is 0 Å². The van der Waals surface area contributed by atoms with Crippen LogP contribution in [-0.4, -0.2) is 198 Å². The van der Waals surface area contributed by atoms with Crippen molar-refractivity contribution in [2.24, 2.45) is 23.5 Å². The molecule has 19 N–H and O–H groups in total. The molecule has 3 aromatic carbocycles. The summed E-state index contributed by atoms with van der Waals surface area (Å²) in [6.07, 6.45) is 2.12. The molecule has 0 saturated heterocycles. The first-order chi connectivity index (χ1) is 50.2. The van der Waals surface area contributed by atoms with E-state index in [4.69, 9.17) is 5.73 Å². The fourth-order valence-corrected chi connectivity index (χ4v) is 12.2. The Balaban J connectivity index is 1.24. The van der Waals surface area contributed by atoms with E-state index in [1.807, 2.05) is 0 Å². The second-order valence-electron chi connectivity index (χ2n) is 27.3. The minimum absolute atomic E-state index is 0.0133. The molecule has 0 radical (unpaired) electrons. The van der Waals surface area contributed by atoms with Crippen LogP contribution < -0.4 is 64.2 Å². The number of amides is 11. The predicted molar refractivity (Wildman–Crippen MR) is 399 cm³/mol. The number of nitrogens with two attached hydrogens (primary N) is 1. The molecule has 6 aromatic rings. The summed E-state index contributed by atoms with van der Waals surface area (Å²) in [6, 6.07) is 5.54. The number of carboxylic acids is 3. The first-order valence-corrected chi connectivity index (χ1v) is 36.1. The van der Waals surface area contributed by atoms with E-state index in [0.29, 0.717) is 49.4 Å². The molecule has 0 unspecified atom stereocenters. The van der Waals surface area contributed by atoms with Crippen LogP contribution in [0.25, 0.3) is 32.7 Å². The summed E-state index contributed by atoms with van der Waals surface area (Å²) >= 11 is 8.07. The van der Waals surface area contributed by atoms with Crippen LogP contribution in [0.2, 0.25) is 0 Å². The van der Waals surface area contributed by atoms with Crippen molar-refractivity contribution in [2.45, 2.75) is 179 Å². The van der Waals surface area contributed by atoms with E-state index in [2.05, 4.69) is 98.7 Å². The number of para-hydroxylation sites is 3. The number of H-pyrrole nitrogens is 3. The summed E-state index contributed by atoms with van der Waals surface area (Å²) in [5.74, 6) is -14.9. The highest BCUT2D eigenvalue weighted by atomic mass is 32.1. The molecule has 0 spiro atoms.